The van der Waals surface area contributed by atoms with Crippen LogP contribution in [-0.4, -0.2) is 35.6 Å². The molecule has 2 N–H and O–H groups in total. The number of nitrogens with zero attached hydrogens (tertiary/aromatic N) is 1. The third-order valence-electron chi connectivity index (χ3n) is 3.89. The lowest BCUT2D eigenvalue weighted by molar-refractivity contribution is -0.149. The fraction of sp³-hybridized carbons (Fsp3) is 0.444. The Morgan fingerprint density at radius 2 is 1.96 bits per heavy atom. The predicted octanol–water partition coefficient (Wildman–Crippen LogP) is 1.32. The lowest BCUT2D eigenvalue weighted by atomic mass is 10.1. The molecule has 1 aromatic carbocycles. The van der Waals surface area contributed by atoms with E-state index in [-0.39, 0.29) is 36.4 Å². The summed E-state index contributed by atoms with van der Waals surface area (Å²) in [6.07, 6.45) is 1.12. The predicted molar refractivity (Wildman–Crippen MR) is 92.7 cm³/mol. The molecule has 7 heteroatoms. The Labute approximate surface area is 146 Å². The zero-order chi connectivity index (χ0) is 18.2. The Bertz CT molecular complexity index is 658. The number of ether oxygens (including phenoxy) is 1. The van der Waals surface area contributed by atoms with Gasteiger partial charge in [-0.3, -0.25) is 9.59 Å². The summed E-state index contributed by atoms with van der Waals surface area (Å²) in [5.74, 6) is -1.27. The number of aryl methyl sites for hydroxylation is 1. The summed E-state index contributed by atoms with van der Waals surface area (Å²) in [5.41, 5.74) is 3.56. The topological polar surface area (TPSA) is 96.9 Å². The van der Waals surface area contributed by atoms with Gasteiger partial charge in [0.2, 0.25) is 5.91 Å². The van der Waals surface area contributed by atoms with Crippen molar-refractivity contribution in [1.29, 1.82) is 0 Å². The Morgan fingerprint density at radius 1 is 1.24 bits per heavy atom. The van der Waals surface area contributed by atoms with E-state index in [2.05, 4.69) is 15.8 Å². The number of hydrogen-bond donors (Lipinski definition) is 2. The van der Waals surface area contributed by atoms with Crippen LogP contribution in [0.2, 0.25) is 0 Å². The number of hydrogen-bond acceptors (Lipinski definition) is 5. The molecule has 134 valence electrons. The largest absolute Gasteiger partial charge is 0.448 e. The highest BCUT2D eigenvalue weighted by molar-refractivity contribution is 6.37. The normalized spacial score (nSPS) is 16.2. The van der Waals surface area contributed by atoms with Crippen molar-refractivity contribution in [3.8, 4) is 0 Å². The summed E-state index contributed by atoms with van der Waals surface area (Å²) in [4.78, 5) is 35.1. The van der Waals surface area contributed by atoms with Crippen molar-refractivity contribution < 1.29 is 19.1 Å². The molecule has 1 heterocycles. The highest BCUT2D eigenvalue weighted by Crippen LogP contribution is 2.06. The van der Waals surface area contributed by atoms with Gasteiger partial charge in [0.1, 0.15) is 5.71 Å². The molecule has 0 radical (unpaired) electrons. The Kier molecular flexibility index (Phi) is 6.68. The maximum Gasteiger partial charge on any atom is 0.355 e. The van der Waals surface area contributed by atoms with Crippen molar-refractivity contribution in [3.05, 3.63) is 35.9 Å². The van der Waals surface area contributed by atoms with Gasteiger partial charge in [0.05, 0.1) is 0 Å². The number of amides is 2. The highest BCUT2D eigenvalue weighted by atomic mass is 16.5. The first kappa shape index (κ1) is 18.6. The van der Waals surface area contributed by atoms with Gasteiger partial charge in [0.25, 0.3) is 5.91 Å². The second-order valence-corrected chi connectivity index (χ2v) is 6.07. The average Bonchev–Trinajstić information content (AvgIpc) is 2.61. The van der Waals surface area contributed by atoms with Crippen LogP contribution in [0.15, 0.2) is 35.4 Å². The molecule has 0 saturated heterocycles. The van der Waals surface area contributed by atoms with Crippen molar-refractivity contribution in [2.75, 3.05) is 0 Å². The average molecular weight is 345 g/mol. The molecule has 0 unspecified atom stereocenters. The second-order valence-electron chi connectivity index (χ2n) is 6.07. The van der Waals surface area contributed by atoms with E-state index in [9.17, 15) is 14.4 Å². The molecule has 2 atom stereocenters. The van der Waals surface area contributed by atoms with E-state index in [1.807, 2.05) is 37.3 Å². The van der Waals surface area contributed by atoms with Crippen LogP contribution in [0.3, 0.4) is 0 Å². The molecular formula is C18H23N3O4. The first-order chi connectivity index (χ1) is 12.0. The van der Waals surface area contributed by atoms with E-state index in [1.54, 1.807) is 0 Å². The minimum Gasteiger partial charge on any atom is -0.448 e. The van der Waals surface area contributed by atoms with Crippen molar-refractivity contribution in [2.45, 2.75) is 51.7 Å². The number of hydrazone groups is 1. The van der Waals surface area contributed by atoms with Crippen LogP contribution in [0.1, 0.15) is 38.7 Å². The van der Waals surface area contributed by atoms with Gasteiger partial charge in [-0.2, -0.15) is 5.10 Å². The number of benzene rings is 1. The van der Waals surface area contributed by atoms with Crippen molar-refractivity contribution in [3.63, 3.8) is 0 Å². The molecule has 1 aliphatic heterocycles. The molecule has 25 heavy (non-hydrogen) atoms. The fourth-order valence-corrected chi connectivity index (χ4v) is 2.36. The fourth-order valence-electron chi connectivity index (χ4n) is 2.36. The van der Waals surface area contributed by atoms with Crippen LogP contribution >= 0.6 is 0 Å². The zero-order valence-corrected chi connectivity index (χ0v) is 14.5. The summed E-state index contributed by atoms with van der Waals surface area (Å²) >= 11 is 0. The lowest BCUT2D eigenvalue weighted by Crippen LogP contribution is -2.42. The van der Waals surface area contributed by atoms with Gasteiger partial charge in [0, 0.05) is 18.9 Å². The second kappa shape index (κ2) is 8.96. The van der Waals surface area contributed by atoms with Crippen LogP contribution in [-0.2, 0) is 25.5 Å². The first-order valence-electron chi connectivity index (χ1n) is 8.36. The molecule has 0 aromatic heterocycles. The van der Waals surface area contributed by atoms with Crippen LogP contribution < -0.4 is 10.7 Å². The van der Waals surface area contributed by atoms with E-state index in [4.69, 9.17) is 4.74 Å². The summed E-state index contributed by atoms with van der Waals surface area (Å²) in [5, 5.41) is 6.50. The molecule has 0 bridgehead atoms. The standard InChI is InChI=1S/C18H23N3O4/c1-12(8-9-14-6-4-3-5-7-14)19-17(23)13(2)25-18(24)15-10-11-16(22)21-20-15/h3-7,12-13H,8-11H2,1-2H3,(H,19,23)(H,21,22)/t12-,13-/m0/s1. The minimum absolute atomic E-state index is 0.0415. The smallest absolute Gasteiger partial charge is 0.355 e. The molecule has 0 saturated carbocycles. The summed E-state index contributed by atoms with van der Waals surface area (Å²) in [6.45, 7) is 3.43. The maximum absolute atomic E-state index is 12.1. The van der Waals surface area contributed by atoms with Gasteiger partial charge < -0.3 is 10.1 Å². The Hall–Kier alpha value is -2.70. The van der Waals surface area contributed by atoms with Gasteiger partial charge in [-0.15, -0.1) is 0 Å². The molecule has 0 aliphatic carbocycles. The van der Waals surface area contributed by atoms with Crippen LogP contribution in [0, 0.1) is 0 Å². The third kappa shape index (κ3) is 6.02. The molecular weight excluding hydrogens is 322 g/mol. The van der Waals surface area contributed by atoms with Crippen molar-refractivity contribution in [2.24, 2.45) is 5.10 Å². The Balaban J connectivity index is 1.75. The van der Waals surface area contributed by atoms with E-state index in [0.717, 1.165) is 12.8 Å². The van der Waals surface area contributed by atoms with Crippen LogP contribution in [0.25, 0.3) is 0 Å². The quantitative estimate of drug-likeness (QED) is 0.729. The first-order valence-corrected chi connectivity index (χ1v) is 8.36. The molecule has 2 amide bonds. The van der Waals surface area contributed by atoms with Crippen LogP contribution in [0.4, 0.5) is 0 Å². The van der Waals surface area contributed by atoms with Gasteiger partial charge in [0.15, 0.2) is 6.10 Å². The lowest BCUT2D eigenvalue weighted by Gasteiger charge is -2.19. The van der Waals surface area contributed by atoms with Crippen molar-refractivity contribution >= 4 is 23.5 Å². The third-order valence-corrected chi connectivity index (χ3v) is 3.89. The number of esters is 1. The van der Waals surface area contributed by atoms with E-state index in [0.29, 0.717) is 0 Å². The molecule has 2 rings (SSSR count). The van der Waals surface area contributed by atoms with E-state index < -0.39 is 12.1 Å². The highest BCUT2D eigenvalue weighted by Gasteiger charge is 2.24. The summed E-state index contributed by atoms with van der Waals surface area (Å²) in [6, 6.07) is 9.98. The zero-order valence-electron chi connectivity index (χ0n) is 14.5. The summed E-state index contributed by atoms with van der Waals surface area (Å²) < 4.78 is 5.12. The number of carbonyl (C=O) groups is 3. The molecule has 1 aromatic rings. The van der Waals surface area contributed by atoms with E-state index in [1.165, 1.54) is 12.5 Å². The molecule has 7 nitrogen and oxygen atoms in total. The van der Waals surface area contributed by atoms with Gasteiger partial charge >= 0.3 is 5.97 Å². The monoisotopic (exact) mass is 345 g/mol. The Morgan fingerprint density at radius 3 is 2.60 bits per heavy atom. The molecule has 0 spiro atoms. The molecule has 1 aliphatic rings. The van der Waals surface area contributed by atoms with E-state index >= 15 is 0 Å². The number of rotatable bonds is 7. The van der Waals surface area contributed by atoms with Gasteiger partial charge in [-0.05, 0) is 32.3 Å². The van der Waals surface area contributed by atoms with Gasteiger partial charge in [-0.1, -0.05) is 30.3 Å². The molecule has 0 fully saturated rings. The SMILES string of the molecule is C[C@H](OC(=O)C1=NNC(=O)CC1)C(=O)N[C@@H](C)CCc1ccccc1. The summed E-state index contributed by atoms with van der Waals surface area (Å²) in [7, 11) is 0. The maximum atomic E-state index is 12.1. The van der Waals surface area contributed by atoms with Crippen LogP contribution in [0.5, 0.6) is 0 Å². The van der Waals surface area contributed by atoms with Gasteiger partial charge in [-0.25, -0.2) is 10.2 Å². The minimum atomic E-state index is -0.924. The number of carbonyl (C=O) groups excluding carboxylic acids is 3. The van der Waals surface area contributed by atoms with Crippen molar-refractivity contribution in [1.82, 2.24) is 10.7 Å². The number of nitrogens with one attached hydrogen (secondary N) is 2.